The summed E-state index contributed by atoms with van der Waals surface area (Å²) in [4.78, 5) is 11.5. The van der Waals surface area contributed by atoms with E-state index in [9.17, 15) is 4.79 Å². The number of carbonyl (C=O) groups is 1. The van der Waals surface area contributed by atoms with Crippen molar-refractivity contribution in [2.24, 2.45) is 0 Å². The molecule has 1 aromatic rings. The van der Waals surface area contributed by atoms with Gasteiger partial charge < -0.3 is 9.47 Å². The normalized spacial score (nSPS) is 14.4. The van der Waals surface area contributed by atoms with Crippen LogP contribution in [0, 0.1) is 0 Å². The highest BCUT2D eigenvalue weighted by Gasteiger charge is 2.21. The molecule has 0 amide bonds. The molecule has 0 unspecified atom stereocenters. The van der Waals surface area contributed by atoms with E-state index in [2.05, 4.69) is 0 Å². The first-order chi connectivity index (χ1) is 6.83. The summed E-state index contributed by atoms with van der Waals surface area (Å²) < 4.78 is 10.4. The van der Waals surface area contributed by atoms with Crippen LogP contribution in [0.5, 0.6) is 5.06 Å². The van der Waals surface area contributed by atoms with Gasteiger partial charge in [-0.2, -0.15) is 0 Å². The van der Waals surface area contributed by atoms with Gasteiger partial charge in [-0.05, 0) is 19.8 Å². The standard InChI is InChI=1S/C10H12O3S/c1-2-12-9(11)8-6-14-10-7(8)4-3-5-13-10/h6H,2-5H2,1H3. The zero-order chi connectivity index (χ0) is 9.97. The molecular formula is C10H12O3S. The van der Waals surface area contributed by atoms with Crippen molar-refractivity contribution in [1.29, 1.82) is 0 Å². The maximum atomic E-state index is 11.5. The largest absolute Gasteiger partial charge is 0.484 e. The van der Waals surface area contributed by atoms with Gasteiger partial charge in [0.15, 0.2) is 5.06 Å². The molecule has 0 fully saturated rings. The number of rotatable bonds is 2. The molecule has 14 heavy (non-hydrogen) atoms. The summed E-state index contributed by atoms with van der Waals surface area (Å²) >= 11 is 1.48. The van der Waals surface area contributed by atoms with E-state index in [1.807, 2.05) is 12.3 Å². The summed E-state index contributed by atoms with van der Waals surface area (Å²) in [6, 6.07) is 0. The minimum Gasteiger partial charge on any atom is -0.484 e. The number of hydrogen-bond acceptors (Lipinski definition) is 4. The van der Waals surface area contributed by atoms with Crippen LogP contribution in [0.1, 0.15) is 29.3 Å². The third-order valence-electron chi connectivity index (χ3n) is 2.15. The Balaban J connectivity index is 2.25. The lowest BCUT2D eigenvalue weighted by Crippen LogP contribution is -2.11. The van der Waals surface area contributed by atoms with Crippen LogP contribution in [0.3, 0.4) is 0 Å². The molecule has 0 saturated carbocycles. The molecule has 1 aliphatic heterocycles. The van der Waals surface area contributed by atoms with Crippen molar-refractivity contribution < 1.29 is 14.3 Å². The van der Waals surface area contributed by atoms with Gasteiger partial charge in [0, 0.05) is 10.9 Å². The van der Waals surface area contributed by atoms with E-state index in [4.69, 9.17) is 9.47 Å². The van der Waals surface area contributed by atoms with Crippen LogP contribution in [0.4, 0.5) is 0 Å². The highest BCUT2D eigenvalue weighted by atomic mass is 32.1. The van der Waals surface area contributed by atoms with Crippen molar-refractivity contribution >= 4 is 17.3 Å². The van der Waals surface area contributed by atoms with Crippen LogP contribution in [0.15, 0.2) is 5.38 Å². The molecule has 76 valence electrons. The first-order valence-electron chi connectivity index (χ1n) is 4.73. The van der Waals surface area contributed by atoms with E-state index in [-0.39, 0.29) is 5.97 Å². The number of ether oxygens (including phenoxy) is 2. The van der Waals surface area contributed by atoms with Crippen LogP contribution in [-0.4, -0.2) is 19.2 Å². The smallest absolute Gasteiger partial charge is 0.339 e. The number of esters is 1. The van der Waals surface area contributed by atoms with Crippen LogP contribution < -0.4 is 4.74 Å². The van der Waals surface area contributed by atoms with Crippen LogP contribution in [-0.2, 0) is 11.2 Å². The first-order valence-corrected chi connectivity index (χ1v) is 5.61. The van der Waals surface area contributed by atoms with Gasteiger partial charge in [0.1, 0.15) is 0 Å². The molecule has 3 nitrogen and oxygen atoms in total. The van der Waals surface area contributed by atoms with Gasteiger partial charge in [0.2, 0.25) is 0 Å². The molecule has 2 rings (SSSR count). The van der Waals surface area contributed by atoms with Crippen LogP contribution >= 0.6 is 11.3 Å². The molecule has 0 aromatic carbocycles. The molecule has 0 aliphatic carbocycles. The molecule has 4 heteroatoms. The Labute approximate surface area is 86.6 Å². The number of thiophene rings is 1. The number of hydrogen-bond donors (Lipinski definition) is 0. The van der Waals surface area contributed by atoms with E-state index < -0.39 is 0 Å². The highest BCUT2D eigenvalue weighted by Crippen LogP contribution is 2.34. The highest BCUT2D eigenvalue weighted by molar-refractivity contribution is 7.12. The summed E-state index contributed by atoms with van der Waals surface area (Å²) in [6.07, 6.45) is 1.91. The summed E-state index contributed by atoms with van der Waals surface area (Å²) in [5, 5.41) is 2.72. The summed E-state index contributed by atoms with van der Waals surface area (Å²) in [7, 11) is 0. The molecule has 2 heterocycles. The Bertz CT molecular complexity index is 343. The van der Waals surface area contributed by atoms with Gasteiger partial charge in [-0.25, -0.2) is 4.79 Å². The minimum absolute atomic E-state index is 0.226. The Morgan fingerprint density at radius 1 is 1.71 bits per heavy atom. The predicted molar refractivity (Wildman–Crippen MR) is 54.1 cm³/mol. The molecule has 0 spiro atoms. The maximum Gasteiger partial charge on any atom is 0.339 e. The maximum absolute atomic E-state index is 11.5. The second-order valence-electron chi connectivity index (χ2n) is 3.09. The quantitative estimate of drug-likeness (QED) is 0.705. The fourth-order valence-corrected chi connectivity index (χ4v) is 2.49. The van der Waals surface area contributed by atoms with Crippen LogP contribution in [0.2, 0.25) is 0 Å². The zero-order valence-corrected chi connectivity index (χ0v) is 8.86. The summed E-state index contributed by atoms with van der Waals surface area (Å²) in [5.74, 6) is -0.226. The SMILES string of the molecule is CCOC(=O)c1csc2c1CCCO2. The van der Waals surface area contributed by atoms with Gasteiger partial charge in [-0.3, -0.25) is 0 Å². The minimum atomic E-state index is -0.226. The van der Waals surface area contributed by atoms with Gasteiger partial charge in [-0.1, -0.05) is 0 Å². The van der Waals surface area contributed by atoms with Crippen molar-refractivity contribution in [3.63, 3.8) is 0 Å². The van der Waals surface area contributed by atoms with E-state index >= 15 is 0 Å². The van der Waals surface area contributed by atoms with Crippen molar-refractivity contribution in [3.05, 3.63) is 16.5 Å². The van der Waals surface area contributed by atoms with Gasteiger partial charge in [0.25, 0.3) is 0 Å². The predicted octanol–water partition coefficient (Wildman–Crippen LogP) is 2.25. The molecule has 1 aliphatic rings. The van der Waals surface area contributed by atoms with E-state index in [1.54, 1.807) is 0 Å². The Morgan fingerprint density at radius 2 is 2.57 bits per heavy atom. The van der Waals surface area contributed by atoms with E-state index in [0.29, 0.717) is 12.2 Å². The molecule has 1 aromatic heterocycles. The molecule has 0 N–H and O–H groups in total. The second-order valence-corrected chi connectivity index (χ2v) is 3.93. The Morgan fingerprint density at radius 3 is 3.36 bits per heavy atom. The van der Waals surface area contributed by atoms with E-state index in [1.165, 1.54) is 11.3 Å². The second kappa shape index (κ2) is 4.00. The monoisotopic (exact) mass is 212 g/mol. The third-order valence-corrected chi connectivity index (χ3v) is 3.09. The van der Waals surface area contributed by atoms with Crippen molar-refractivity contribution in [3.8, 4) is 5.06 Å². The van der Waals surface area contributed by atoms with Gasteiger partial charge >= 0.3 is 5.97 Å². The Hall–Kier alpha value is -1.03. The molecule has 0 bridgehead atoms. The van der Waals surface area contributed by atoms with Crippen molar-refractivity contribution in [2.45, 2.75) is 19.8 Å². The van der Waals surface area contributed by atoms with Gasteiger partial charge in [0.05, 0.1) is 18.8 Å². The summed E-state index contributed by atoms with van der Waals surface area (Å²) in [5.41, 5.74) is 1.71. The average Bonchev–Trinajstić information content (AvgIpc) is 2.61. The third kappa shape index (κ3) is 1.62. The molecule has 0 saturated heterocycles. The average molecular weight is 212 g/mol. The first kappa shape index (κ1) is 9.52. The fraction of sp³-hybridized carbons (Fsp3) is 0.500. The van der Waals surface area contributed by atoms with Crippen molar-refractivity contribution in [1.82, 2.24) is 0 Å². The topological polar surface area (TPSA) is 35.5 Å². The fourth-order valence-electron chi connectivity index (χ4n) is 1.52. The molecule has 0 radical (unpaired) electrons. The van der Waals surface area contributed by atoms with Crippen molar-refractivity contribution in [2.75, 3.05) is 13.2 Å². The Kier molecular flexibility index (Phi) is 2.72. The number of carbonyl (C=O) groups excluding carboxylic acids is 1. The van der Waals surface area contributed by atoms with Gasteiger partial charge in [-0.15, -0.1) is 11.3 Å². The molecular weight excluding hydrogens is 200 g/mol. The molecule has 0 atom stereocenters. The lowest BCUT2D eigenvalue weighted by atomic mass is 10.1. The lowest BCUT2D eigenvalue weighted by Gasteiger charge is -2.13. The summed E-state index contributed by atoms with van der Waals surface area (Å²) in [6.45, 7) is 2.99. The van der Waals surface area contributed by atoms with E-state index in [0.717, 1.165) is 30.1 Å². The number of fused-ring (bicyclic) bond motifs is 1. The van der Waals surface area contributed by atoms with Crippen LogP contribution in [0.25, 0.3) is 0 Å². The zero-order valence-electron chi connectivity index (χ0n) is 8.04. The lowest BCUT2D eigenvalue weighted by molar-refractivity contribution is 0.0525.